The Morgan fingerprint density at radius 3 is 2.34 bits per heavy atom. The van der Waals surface area contributed by atoms with Gasteiger partial charge in [0.25, 0.3) is 5.69 Å². The number of aromatic nitrogens is 2. The van der Waals surface area contributed by atoms with Gasteiger partial charge in [-0.2, -0.15) is 0 Å². The minimum Gasteiger partial charge on any atom is -0.496 e. The molecule has 222 valence electrons. The molecule has 1 N–H and O–H groups in total. The number of ether oxygens (including phenoxy) is 2. The molecule has 1 fully saturated rings. The molecule has 0 aliphatic carbocycles. The van der Waals surface area contributed by atoms with Crippen molar-refractivity contribution in [2.75, 3.05) is 12.0 Å². The first-order valence-electron chi connectivity index (χ1n) is 14.1. The van der Waals surface area contributed by atoms with Gasteiger partial charge in [-0.25, -0.2) is 0 Å². The van der Waals surface area contributed by atoms with Gasteiger partial charge >= 0.3 is 0 Å². The van der Waals surface area contributed by atoms with Gasteiger partial charge in [-0.1, -0.05) is 24.3 Å². The average Bonchev–Trinajstić information content (AvgIpc) is 3.53. The van der Waals surface area contributed by atoms with Crippen molar-refractivity contribution >= 4 is 28.7 Å². The minimum absolute atomic E-state index is 0.0415. The molecule has 0 bridgehead atoms. The second-order valence-corrected chi connectivity index (χ2v) is 11.0. The number of para-hydroxylation sites is 1. The van der Waals surface area contributed by atoms with Crippen molar-refractivity contribution in [1.29, 1.82) is 0 Å². The summed E-state index contributed by atoms with van der Waals surface area (Å²) >= 11 is 5.94. The standard InChI is InChI=1S/C34H31N5O4S/c1-21-9-5-6-11-31(21)43-25-14-12-24(13-15-25)38-33(32(36-34(38)44)28-10-7-8-18-35-28)27-19-22(2)37(23(27)3)29-17-16-26(42-4)20-30(29)39(40)41/h5-20,32-33H,1-4H3,(H,36,44)/t32-,33+/m0/s1. The first-order chi connectivity index (χ1) is 21.3. The van der Waals surface area contributed by atoms with Crippen molar-refractivity contribution in [2.45, 2.75) is 32.9 Å². The van der Waals surface area contributed by atoms with Crippen molar-refractivity contribution in [3.8, 4) is 22.9 Å². The van der Waals surface area contributed by atoms with Crippen LogP contribution in [0, 0.1) is 30.9 Å². The van der Waals surface area contributed by atoms with Gasteiger partial charge in [0.2, 0.25) is 0 Å². The molecule has 9 nitrogen and oxygen atoms in total. The van der Waals surface area contributed by atoms with E-state index < -0.39 is 0 Å². The largest absolute Gasteiger partial charge is 0.496 e. The van der Waals surface area contributed by atoms with Gasteiger partial charge in [-0.15, -0.1) is 0 Å². The smallest absolute Gasteiger partial charge is 0.296 e. The lowest BCUT2D eigenvalue weighted by atomic mass is 9.96. The van der Waals surface area contributed by atoms with Crippen LogP contribution in [0.1, 0.15) is 40.3 Å². The fraction of sp³-hybridized carbons (Fsp3) is 0.176. The second kappa shape index (κ2) is 11.8. The zero-order chi connectivity index (χ0) is 31.0. The Kier molecular flexibility index (Phi) is 7.75. The molecule has 10 heteroatoms. The molecule has 44 heavy (non-hydrogen) atoms. The van der Waals surface area contributed by atoms with Crippen molar-refractivity contribution in [3.05, 3.63) is 136 Å². The minimum atomic E-state index is -0.383. The second-order valence-electron chi connectivity index (χ2n) is 10.6. The lowest BCUT2D eigenvalue weighted by Gasteiger charge is -2.28. The van der Waals surface area contributed by atoms with Crippen LogP contribution in [0.5, 0.6) is 17.2 Å². The maximum atomic E-state index is 12.1. The number of thiocarbonyl (C=S) groups is 1. The first-order valence-corrected chi connectivity index (χ1v) is 14.5. The van der Waals surface area contributed by atoms with Crippen LogP contribution in [0.2, 0.25) is 0 Å². The van der Waals surface area contributed by atoms with E-state index in [1.807, 2.05) is 92.1 Å². The molecule has 6 rings (SSSR count). The number of anilines is 1. The van der Waals surface area contributed by atoms with E-state index in [1.54, 1.807) is 18.3 Å². The van der Waals surface area contributed by atoms with Gasteiger partial charge in [0.15, 0.2) is 5.11 Å². The molecule has 0 saturated carbocycles. The van der Waals surface area contributed by atoms with Gasteiger partial charge in [-0.3, -0.25) is 15.1 Å². The van der Waals surface area contributed by atoms with Crippen molar-refractivity contribution in [1.82, 2.24) is 14.9 Å². The van der Waals surface area contributed by atoms with Crippen LogP contribution in [-0.4, -0.2) is 26.7 Å². The number of hydrogen-bond donors (Lipinski definition) is 1. The normalized spacial score (nSPS) is 16.1. The molecule has 2 aromatic heterocycles. The first kappa shape index (κ1) is 28.9. The Morgan fingerprint density at radius 1 is 0.932 bits per heavy atom. The lowest BCUT2D eigenvalue weighted by molar-refractivity contribution is -0.384. The molecular weight excluding hydrogens is 574 g/mol. The summed E-state index contributed by atoms with van der Waals surface area (Å²) in [5.74, 6) is 1.93. The molecule has 2 atom stereocenters. The van der Waals surface area contributed by atoms with E-state index in [-0.39, 0.29) is 22.7 Å². The van der Waals surface area contributed by atoms with Crippen LogP contribution in [0.15, 0.2) is 97.2 Å². The predicted octanol–water partition coefficient (Wildman–Crippen LogP) is 7.68. The van der Waals surface area contributed by atoms with Crippen LogP contribution >= 0.6 is 12.2 Å². The third-order valence-electron chi connectivity index (χ3n) is 7.94. The van der Waals surface area contributed by atoms with Crippen molar-refractivity contribution in [3.63, 3.8) is 0 Å². The summed E-state index contributed by atoms with van der Waals surface area (Å²) in [5, 5.41) is 16.2. The molecule has 0 radical (unpaired) electrons. The fourth-order valence-corrected chi connectivity index (χ4v) is 6.19. The van der Waals surface area contributed by atoms with Crippen LogP contribution in [0.4, 0.5) is 11.4 Å². The Bertz CT molecular complexity index is 1860. The van der Waals surface area contributed by atoms with Crippen LogP contribution < -0.4 is 19.7 Å². The number of nitro groups is 1. The Morgan fingerprint density at radius 2 is 1.66 bits per heavy atom. The SMILES string of the molecule is COc1ccc(-n2c(C)cc([C@@H]3[C@H](c4ccccn4)NC(=S)N3c3ccc(Oc4ccccc4C)cc3)c2C)c([N+](=O)[O-])c1. The highest BCUT2D eigenvalue weighted by atomic mass is 32.1. The molecule has 5 aromatic rings. The zero-order valence-corrected chi connectivity index (χ0v) is 25.5. The van der Waals surface area contributed by atoms with E-state index in [4.69, 9.17) is 21.7 Å². The number of rotatable bonds is 8. The monoisotopic (exact) mass is 605 g/mol. The summed E-state index contributed by atoms with van der Waals surface area (Å²) in [6.45, 7) is 5.94. The number of nitro benzene ring substituents is 1. The quantitative estimate of drug-likeness (QED) is 0.109. The third kappa shape index (κ3) is 5.24. The zero-order valence-electron chi connectivity index (χ0n) is 24.7. The van der Waals surface area contributed by atoms with Gasteiger partial charge in [0.05, 0.1) is 35.9 Å². The van der Waals surface area contributed by atoms with Gasteiger partial charge < -0.3 is 24.3 Å². The van der Waals surface area contributed by atoms with E-state index in [2.05, 4.69) is 21.3 Å². The third-order valence-corrected chi connectivity index (χ3v) is 8.26. The number of nitrogens with one attached hydrogen (secondary N) is 1. The fourth-order valence-electron chi connectivity index (χ4n) is 5.84. The molecule has 1 aliphatic rings. The molecule has 3 aromatic carbocycles. The van der Waals surface area contributed by atoms with E-state index in [0.717, 1.165) is 39.6 Å². The topological polar surface area (TPSA) is 94.7 Å². The van der Waals surface area contributed by atoms with E-state index in [9.17, 15) is 10.1 Å². The van der Waals surface area contributed by atoms with E-state index in [0.29, 0.717) is 22.3 Å². The Balaban J connectivity index is 1.44. The molecule has 3 heterocycles. The van der Waals surface area contributed by atoms with Crippen LogP contribution in [0.25, 0.3) is 5.69 Å². The summed E-state index contributed by atoms with van der Waals surface area (Å²) in [6, 6.07) is 27.9. The maximum Gasteiger partial charge on any atom is 0.296 e. The van der Waals surface area contributed by atoms with Gasteiger partial charge in [0.1, 0.15) is 22.9 Å². The highest BCUT2D eigenvalue weighted by Gasteiger charge is 2.42. The molecule has 0 spiro atoms. The molecule has 1 saturated heterocycles. The predicted molar refractivity (Wildman–Crippen MR) is 174 cm³/mol. The van der Waals surface area contributed by atoms with Crippen molar-refractivity contribution < 1.29 is 14.4 Å². The van der Waals surface area contributed by atoms with Gasteiger partial charge in [-0.05, 0) is 105 Å². The van der Waals surface area contributed by atoms with E-state index >= 15 is 0 Å². The Labute approximate surface area is 260 Å². The lowest BCUT2D eigenvalue weighted by Crippen LogP contribution is -2.29. The molecular formula is C34H31N5O4S. The molecule has 0 amide bonds. The van der Waals surface area contributed by atoms with Crippen LogP contribution in [-0.2, 0) is 0 Å². The molecule has 1 aliphatic heterocycles. The number of benzene rings is 3. The average molecular weight is 606 g/mol. The summed E-state index contributed by atoms with van der Waals surface area (Å²) in [5.41, 5.74) is 5.86. The summed E-state index contributed by atoms with van der Waals surface area (Å²) in [4.78, 5) is 18.5. The summed E-state index contributed by atoms with van der Waals surface area (Å²) < 4.78 is 13.3. The summed E-state index contributed by atoms with van der Waals surface area (Å²) in [7, 11) is 1.49. The highest BCUT2D eigenvalue weighted by Crippen LogP contribution is 2.45. The van der Waals surface area contributed by atoms with Crippen molar-refractivity contribution in [2.24, 2.45) is 0 Å². The Hall–Kier alpha value is -5.22. The highest BCUT2D eigenvalue weighted by molar-refractivity contribution is 7.80. The maximum absolute atomic E-state index is 12.1. The summed E-state index contributed by atoms with van der Waals surface area (Å²) in [6.07, 6.45) is 1.77. The number of pyridine rings is 1. The number of nitrogens with zero attached hydrogens (tertiary/aromatic N) is 4. The van der Waals surface area contributed by atoms with E-state index in [1.165, 1.54) is 13.2 Å². The van der Waals surface area contributed by atoms with Gasteiger partial charge in [0, 0.05) is 23.3 Å². The molecule has 0 unspecified atom stereocenters. The number of hydrogen-bond acceptors (Lipinski definition) is 6. The number of aryl methyl sites for hydroxylation is 2. The van der Waals surface area contributed by atoms with Crippen LogP contribution in [0.3, 0.4) is 0 Å². The number of methoxy groups -OCH3 is 1.